The van der Waals surface area contributed by atoms with E-state index in [9.17, 15) is 9.59 Å². The van der Waals surface area contributed by atoms with Gasteiger partial charge in [0.05, 0.1) is 0 Å². The fourth-order valence-corrected chi connectivity index (χ4v) is 1.85. The van der Waals surface area contributed by atoms with Gasteiger partial charge in [0, 0.05) is 18.8 Å². The fourth-order valence-electron chi connectivity index (χ4n) is 1.85. The summed E-state index contributed by atoms with van der Waals surface area (Å²) in [6.45, 7) is 5.85. The summed E-state index contributed by atoms with van der Waals surface area (Å²) >= 11 is 0. The van der Waals surface area contributed by atoms with Crippen molar-refractivity contribution >= 4 is 11.6 Å². The lowest BCUT2D eigenvalue weighted by atomic mass is 9.91. The van der Waals surface area contributed by atoms with Crippen LogP contribution in [0.1, 0.15) is 72.1 Å². The number of carbonyl (C=O) groups is 2. The molecule has 0 aliphatic rings. The molecule has 0 aromatic heterocycles. The Morgan fingerprint density at radius 3 is 2.12 bits per heavy atom. The van der Waals surface area contributed by atoms with Crippen LogP contribution in [0.2, 0.25) is 0 Å². The van der Waals surface area contributed by atoms with Crippen molar-refractivity contribution in [3.05, 3.63) is 0 Å². The third-order valence-corrected chi connectivity index (χ3v) is 3.01. The van der Waals surface area contributed by atoms with Crippen molar-refractivity contribution < 1.29 is 9.59 Å². The number of ketones is 2. The van der Waals surface area contributed by atoms with Crippen LogP contribution in [-0.2, 0) is 9.59 Å². The van der Waals surface area contributed by atoms with Gasteiger partial charge in [-0.25, -0.2) is 0 Å². The lowest BCUT2D eigenvalue weighted by Crippen LogP contribution is -2.16. The van der Waals surface area contributed by atoms with Gasteiger partial charge in [0.2, 0.25) is 0 Å². The molecule has 0 heterocycles. The minimum absolute atomic E-state index is 0.0194. The predicted octanol–water partition coefficient (Wildman–Crippen LogP) is 3.92. The second-order valence-corrected chi connectivity index (χ2v) is 4.65. The summed E-state index contributed by atoms with van der Waals surface area (Å²) < 4.78 is 0. The molecule has 0 aliphatic carbocycles. The molecule has 0 rings (SSSR count). The highest BCUT2D eigenvalue weighted by Gasteiger charge is 2.17. The van der Waals surface area contributed by atoms with E-state index in [1.165, 1.54) is 0 Å². The maximum atomic E-state index is 11.6. The van der Waals surface area contributed by atoms with Gasteiger partial charge in [-0.2, -0.15) is 0 Å². The molecule has 0 saturated heterocycles. The molecule has 0 N–H and O–H groups in total. The fraction of sp³-hybridized carbons (Fsp3) is 0.857. The molecule has 1 unspecified atom stereocenters. The second-order valence-electron chi connectivity index (χ2n) is 4.65. The first-order chi connectivity index (χ1) is 7.61. The molecule has 0 fully saturated rings. The summed E-state index contributed by atoms with van der Waals surface area (Å²) in [5, 5.41) is 0. The zero-order valence-corrected chi connectivity index (χ0v) is 11.1. The van der Waals surface area contributed by atoms with Crippen LogP contribution in [0.4, 0.5) is 0 Å². The second kappa shape index (κ2) is 9.56. The Morgan fingerprint density at radius 2 is 1.62 bits per heavy atom. The smallest absolute Gasteiger partial charge is 0.133 e. The molecule has 2 heteroatoms. The van der Waals surface area contributed by atoms with Crippen LogP contribution in [0.5, 0.6) is 0 Å². The van der Waals surface area contributed by atoms with Crippen molar-refractivity contribution in [3.63, 3.8) is 0 Å². The zero-order valence-electron chi connectivity index (χ0n) is 11.1. The molecule has 94 valence electrons. The van der Waals surface area contributed by atoms with Gasteiger partial charge in [-0.1, -0.05) is 39.5 Å². The highest BCUT2D eigenvalue weighted by Crippen LogP contribution is 2.16. The van der Waals surface area contributed by atoms with E-state index in [0.29, 0.717) is 12.8 Å². The molecule has 0 saturated carbocycles. The minimum Gasteiger partial charge on any atom is -0.300 e. The summed E-state index contributed by atoms with van der Waals surface area (Å²) in [5.74, 6) is 0.427. The van der Waals surface area contributed by atoms with Gasteiger partial charge in [0.1, 0.15) is 11.6 Å². The van der Waals surface area contributed by atoms with Crippen LogP contribution in [0, 0.1) is 5.92 Å². The summed E-state index contributed by atoms with van der Waals surface area (Å²) in [4.78, 5) is 23.0. The van der Waals surface area contributed by atoms with E-state index < -0.39 is 0 Å². The first-order valence-electron chi connectivity index (χ1n) is 6.63. The van der Waals surface area contributed by atoms with Crippen molar-refractivity contribution in [2.24, 2.45) is 5.92 Å². The standard InChI is InChI=1S/C14H26O2/c1-4-6-8-10-14(16)11-13(12(3)15)9-7-5-2/h13H,4-11H2,1-3H3. The Balaban J connectivity index is 3.88. The van der Waals surface area contributed by atoms with E-state index in [-0.39, 0.29) is 17.5 Å². The van der Waals surface area contributed by atoms with Crippen LogP contribution in [0.15, 0.2) is 0 Å². The van der Waals surface area contributed by atoms with Crippen molar-refractivity contribution in [2.75, 3.05) is 0 Å². The summed E-state index contributed by atoms with van der Waals surface area (Å²) in [7, 11) is 0. The Hall–Kier alpha value is -0.660. The quantitative estimate of drug-likeness (QED) is 0.529. The average Bonchev–Trinajstić information content (AvgIpc) is 2.24. The highest BCUT2D eigenvalue weighted by atomic mass is 16.1. The lowest BCUT2D eigenvalue weighted by molar-refractivity contribution is -0.127. The lowest BCUT2D eigenvalue weighted by Gasteiger charge is -2.12. The van der Waals surface area contributed by atoms with Crippen LogP contribution in [0.3, 0.4) is 0 Å². The topological polar surface area (TPSA) is 34.1 Å². The average molecular weight is 226 g/mol. The first-order valence-corrected chi connectivity index (χ1v) is 6.63. The number of Topliss-reactive ketones (excluding diaryl/α,β-unsaturated/α-hetero) is 2. The van der Waals surface area contributed by atoms with E-state index in [1.807, 2.05) is 0 Å². The molecule has 0 spiro atoms. The summed E-state index contributed by atoms with van der Waals surface area (Å²) in [6, 6.07) is 0. The third-order valence-electron chi connectivity index (χ3n) is 3.01. The molecule has 0 amide bonds. The van der Waals surface area contributed by atoms with Gasteiger partial charge >= 0.3 is 0 Å². The van der Waals surface area contributed by atoms with Crippen molar-refractivity contribution in [3.8, 4) is 0 Å². The largest absolute Gasteiger partial charge is 0.300 e. The summed E-state index contributed by atoms with van der Waals surface area (Å²) in [5.41, 5.74) is 0. The van der Waals surface area contributed by atoms with Crippen LogP contribution >= 0.6 is 0 Å². The minimum atomic E-state index is -0.0194. The van der Waals surface area contributed by atoms with E-state index in [0.717, 1.165) is 38.5 Å². The van der Waals surface area contributed by atoms with Crippen LogP contribution in [-0.4, -0.2) is 11.6 Å². The molecule has 0 aliphatic heterocycles. The normalized spacial score (nSPS) is 12.4. The number of hydrogen-bond donors (Lipinski definition) is 0. The van der Waals surface area contributed by atoms with E-state index in [2.05, 4.69) is 13.8 Å². The number of unbranched alkanes of at least 4 members (excludes halogenated alkanes) is 3. The Labute approximate surface area is 99.8 Å². The molecule has 1 atom stereocenters. The highest BCUT2D eigenvalue weighted by molar-refractivity contribution is 5.86. The maximum Gasteiger partial charge on any atom is 0.133 e. The van der Waals surface area contributed by atoms with E-state index in [1.54, 1.807) is 6.92 Å². The Kier molecular flexibility index (Phi) is 9.16. The molecular weight excluding hydrogens is 200 g/mol. The van der Waals surface area contributed by atoms with Crippen molar-refractivity contribution in [1.82, 2.24) is 0 Å². The van der Waals surface area contributed by atoms with Gasteiger partial charge in [0.25, 0.3) is 0 Å². The van der Waals surface area contributed by atoms with Gasteiger partial charge in [-0.05, 0) is 19.8 Å². The molecule has 0 aromatic rings. The van der Waals surface area contributed by atoms with Gasteiger partial charge in [-0.3, -0.25) is 9.59 Å². The van der Waals surface area contributed by atoms with Crippen LogP contribution in [0.25, 0.3) is 0 Å². The number of rotatable bonds is 10. The number of carbonyl (C=O) groups excluding carboxylic acids is 2. The van der Waals surface area contributed by atoms with Gasteiger partial charge in [0.15, 0.2) is 0 Å². The van der Waals surface area contributed by atoms with E-state index >= 15 is 0 Å². The van der Waals surface area contributed by atoms with Gasteiger partial charge in [-0.15, -0.1) is 0 Å². The number of hydrogen-bond acceptors (Lipinski definition) is 2. The SMILES string of the molecule is CCCCCC(=O)CC(CCCC)C(C)=O. The first kappa shape index (κ1) is 15.3. The molecule has 2 nitrogen and oxygen atoms in total. The van der Waals surface area contributed by atoms with Crippen molar-refractivity contribution in [1.29, 1.82) is 0 Å². The zero-order chi connectivity index (χ0) is 12.4. The maximum absolute atomic E-state index is 11.6. The molecule has 0 bridgehead atoms. The third kappa shape index (κ3) is 7.61. The van der Waals surface area contributed by atoms with Crippen LogP contribution < -0.4 is 0 Å². The van der Waals surface area contributed by atoms with Crippen molar-refractivity contribution in [2.45, 2.75) is 72.1 Å². The Morgan fingerprint density at radius 1 is 1.00 bits per heavy atom. The Bertz CT molecular complexity index is 209. The molecular formula is C14H26O2. The molecule has 0 aromatic carbocycles. The van der Waals surface area contributed by atoms with Gasteiger partial charge < -0.3 is 0 Å². The monoisotopic (exact) mass is 226 g/mol. The molecule has 16 heavy (non-hydrogen) atoms. The predicted molar refractivity (Wildman–Crippen MR) is 67.5 cm³/mol. The molecule has 0 radical (unpaired) electrons. The van der Waals surface area contributed by atoms with E-state index in [4.69, 9.17) is 0 Å². The summed E-state index contributed by atoms with van der Waals surface area (Å²) in [6.07, 6.45) is 7.38.